The van der Waals surface area contributed by atoms with Gasteiger partial charge < -0.3 is 9.47 Å². The molecule has 0 aliphatic rings. The molecule has 3 aromatic heterocycles. The minimum atomic E-state index is 0.520. The number of hydrogen-bond donors (Lipinski definition) is 0. The van der Waals surface area contributed by atoms with E-state index in [4.69, 9.17) is 14.5 Å². The fraction of sp³-hybridized carbons (Fsp3) is 0.158. The number of fused-ring (bicyclic) bond motifs is 2. The molecule has 5 heteroatoms. The summed E-state index contributed by atoms with van der Waals surface area (Å²) in [5.41, 5.74) is 3.66. The second kappa shape index (κ2) is 6.29. The molecule has 0 saturated heterocycles. The van der Waals surface area contributed by atoms with Gasteiger partial charge >= 0.3 is 0 Å². The first kappa shape index (κ1) is 14.7. The molecule has 0 aliphatic carbocycles. The fourth-order valence-corrected chi connectivity index (χ4v) is 2.69. The van der Waals surface area contributed by atoms with E-state index in [0.717, 1.165) is 33.7 Å². The van der Waals surface area contributed by atoms with Crippen LogP contribution in [0.25, 0.3) is 27.9 Å². The zero-order chi connectivity index (χ0) is 16.4. The second-order valence-electron chi connectivity index (χ2n) is 5.46. The van der Waals surface area contributed by atoms with Gasteiger partial charge in [-0.1, -0.05) is 24.3 Å². The van der Waals surface area contributed by atoms with Gasteiger partial charge in [-0.05, 0) is 18.2 Å². The Hall–Kier alpha value is -2.92. The number of hydrogen-bond acceptors (Lipinski definition) is 4. The minimum Gasteiger partial charge on any atom is -0.491 e. The first-order chi connectivity index (χ1) is 11.8. The molecule has 4 rings (SSSR count). The number of para-hydroxylation sites is 1. The predicted octanol–water partition coefficient (Wildman–Crippen LogP) is 3.57. The molecule has 0 spiro atoms. The van der Waals surface area contributed by atoms with Crippen molar-refractivity contribution in [2.24, 2.45) is 0 Å². The summed E-state index contributed by atoms with van der Waals surface area (Å²) in [5, 5.41) is 1.13. The molecule has 4 aromatic rings. The SMILES string of the molecule is COCCOc1ccn2c(-c3ccc4ccccc4n3)cnc2c1. The van der Waals surface area contributed by atoms with Crippen LogP contribution in [0.1, 0.15) is 0 Å². The monoisotopic (exact) mass is 319 g/mol. The van der Waals surface area contributed by atoms with Crippen molar-refractivity contribution in [2.75, 3.05) is 20.3 Å². The fourth-order valence-electron chi connectivity index (χ4n) is 2.69. The van der Waals surface area contributed by atoms with Crippen LogP contribution in [0.2, 0.25) is 0 Å². The van der Waals surface area contributed by atoms with Crippen LogP contribution in [0, 0.1) is 0 Å². The van der Waals surface area contributed by atoms with Crippen molar-refractivity contribution in [1.29, 1.82) is 0 Å². The van der Waals surface area contributed by atoms with E-state index in [-0.39, 0.29) is 0 Å². The summed E-state index contributed by atoms with van der Waals surface area (Å²) in [7, 11) is 1.66. The summed E-state index contributed by atoms with van der Waals surface area (Å²) < 4.78 is 12.6. The van der Waals surface area contributed by atoms with Gasteiger partial charge in [-0.15, -0.1) is 0 Å². The predicted molar refractivity (Wildman–Crippen MR) is 93.3 cm³/mol. The Kier molecular flexibility index (Phi) is 3.84. The maximum absolute atomic E-state index is 5.63. The molecule has 0 amide bonds. The first-order valence-corrected chi connectivity index (χ1v) is 7.80. The summed E-state index contributed by atoms with van der Waals surface area (Å²) in [6.45, 7) is 1.08. The minimum absolute atomic E-state index is 0.520. The maximum atomic E-state index is 5.63. The maximum Gasteiger partial charge on any atom is 0.140 e. The topological polar surface area (TPSA) is 48.7 Å². The van der Waals surface area contributed by atoms with E-state index < -0.39 is 0 Å². The normalized spacial score (nSPS) is 11.2. The third-order valence-electron chi connectivity index (χ3n) is 3.90. The van der Waals surface area contributed by atoms with Crippen molar-refractivity contribution >= 4 is 16.6 Å². The van der Waals surface area contributed by atoms with E-state index in [2.05, 4.69) is 17.1 Å². The van der Waals surface area contributed by atoms with Crippen molar-refractivity contribution in [3.63, 3.8) is 0 Å². The number of methoxy groups -OCH3 is 1. The second-order valence-corrected chi connectivity index (χ2v) is 5.46. The van der Waals surface area contributed by atoms with E-state index in [9.17, 15) is 0 Å². The Morgan fingerprint density at radius 1 is 1.04 bits per heavy atom. The number of aromatic nitrogens is 3. The Morgan fingerprint density at radius 2 is 1.96 bits per heavy atom. The van der Waals surface area contributed by atoms with E-state index in [1.807, 2.05) is 53.2 Å². The highest BCUT2D eigenvalue weighted by Crippen LogP contribution is 2.24. The van der Waals surface area contributed by atoms with Gasteiger partial charge in [0.1, 0.15) is 18.0 Å². The molecule has 0 saturated carbocycles. The average molecular weight is 319 g/mol. The van der Waals surface area contributed by atoms with Gasteiger partial charge in [0.25, 0.3) is 0 Å². The quantitative estimate of drug-likeness (QED) is 0.528. The Morgan fingerprint density at radius 3 is 2.88 bits per heavy atom. The Bertz CT molecular complexity index is 994. The molecule has 0 atom stereocenters. The van der Waals surface area contributed by atoms with E-state index in [1.165, 1.54) is 0 Å². The molecule has 5 nitrogen and oxygen atoms in total. The molecule has 1 aromatic carbocycles. The lowest BCUT2D eigenvalue weighted by molar-refractivity contribution is 0.146. The summed E-state index contributed by atoms with van der Waals surface area (Å²) in [6.07, 6.45) is 3.79. The van der Waals surface area contributed by atoms with Gasteiger partial charge in [0.2, 0.25) is 0 Å². The zero-order valence-corrected chi connectivity index (χ0v) is 13.3. The van der Waals surface area contributed by atoms with Crippen LogP contribution < -0.4 is 4.74 Å². The Labute approximate surface area is 139 Å². The smallest absolute Gasteiger partial charge is 0.140 e. The van der Waals surface area contributed by atoms with Crippen LogP contribution in [0.4, 0.5) is 0 Å². The molecule has 24 heavy (non-hydrogen) atoms. The highest BCUT2D eigenvalue weighted by molar-refractivity contribution is 5.81. The van der Waals surface area contributed by atoms with Crippen LogP contribution in [-0.4, -0.2) is 34.7 Å². The molecular weight excluding hydrogens is 302 g/mol. The molecular formula is C19H17N3O2. The first-order valence-electron chi connectivity index (χ1n) is 7.80. The lowest BCUT2D eigenvalue weighted by Gasteiger charge is -2.07. The Balaban J connectivity index is 1.70. The third kappa shape index (κ3) is 2.70. The lowest BCUT2D eigenvalue weighted by Crippen LogP contribution is -2.04. The van der Waals surface area contributed by atoms with Crippen molar-refractivity contribution in [3.8, 4) is 17.1 Å². The summed E-state index contributed by atoms with van der Waals surface area (Å²) in [5.74, 6) is 0.781. The van der Waals surface area contributed by atoms with Crippen LogP contribution in [0.3, 0.4) is 0 Å². The largest absolute Gasteiger partial charge is 0.491 e. The number of benzene rings is 1. The van der Waals surface area contributed by atoms with Crippen LogP contribution in [0.5, 0.6) is 5.75 Å². The van der Waals surface area contributed by atoms with Crippen LogP contribution in [0.15, 0.2) is 60.9 Å². The molecule has 0 unspecified atom stereocenters. The highest BCUT2D eigenvalue weighted by atomic mass is 16.5. The van der Waals surface area contributed by atoms with Gasteiger partial charge in [-0.2, -0.15) is 0 Å². The van der Waals surface area contributed by atoms with E-state index in [0.29, 0.717) is 13.2 Å². The molecule has 0 bridgehead atoms. The third-order valence-corrected chi connectivity index (χ3v) is 3.90. The van der Waals surface area contributed by atoms with Gasteiger partial charge in [0.15, 0.2) is 0 Å². The lowest BCUT2D eigenvalue weighted by atomic mass is 10.2. The molecule has 3 heterocycles. The molecule has 0 aliphatic heterocycles. The van der Waals surface area contributed by atoms with Crippen molar-refractivity contribution < 1.29 is 9.47 Å². The van der Waals surface area contributed by atoms with Crippen LogP contribution in [-0.2, 0) is 4.74 Å². The number of pyridine rings is 2. The summed E-state index contributed by atoms with van der Waals surface area (Å²) in [6, 6.07) is 16.0. The van der Waals surface area contributed by atoms with Crippen molar-refractivity contribution in [1.82, 2.24) is 14.4 Å². The standard InChI is InChI=1S/C19H17N3O2/c1-23-10-11-24-15-8-9-22-18(13-20-19(22)12-15)17-7-6-14-4-2-3-5-16(14)21-17/h2-9,12-13H,10-11H2,1H3. The van der Waals surface area contributed by atoms with Gasteiger partial charge in [-0.25, -0.2) is 9.97 Å². The number of rotatable bonds is 5. The number of ether oxygens (including phenoxy) is 2. The van der Waals surface area contributed by atoms with Gasteiger partial charge in [0, 0.05) is 24.8 Å². The molecule has 0 radical (unpaired) electrons. The van der Waals surface area contributed by atoms with E-state index in [1.54, 1.807) is 7.11 Å². The van der Waals surface area contributed by atoms with Gasteiger partial charge in [0.05, 0.1) is 29.7 Å². The average Bonchev–Trinajstić information content (AvgIpc) is 3.05. The molecule has 120 valence electrons. The summed E-state index contributed by atoms with van der Waals surface area (Å²) >= 11 is 0. The summed E-state index contributed by atoms with van der Waals surface area (Å²) in [4.78, 5) is 9.22. The molecule has 0 N–H and O–H groups in total. The van der Waals surface area contributed by atoms with E-state index >= 15 is 0 Å². The van der Waals surface area contributed by atoms with Crippen molar-refractivity contribution in [2.45, 2.75) is 0 Å². The number of nitrogens with zero attached hydrogens (tertiary/aromatic N) is 3. The zero-order valence-electron chi connectivity index (χ0n) is 13.3. The van der Waals surface area contributed by atoms with Crippen molar-refractivity contribution in [3.05, 3.63) is 60.9 Å². The highest BCUT2D eigenvalue weighted by Gasteiger charge is 2.09. The molecule has 0 fully saturated rings. The van der Waals surface area contributed by atoms with Crippen LogP contribution >= 0.6 is 0 Å². The van der Waals surface area contributed by atoms with Gasteiger partial charge in [-0.3, -0.25) is 4.40 Å². The number of imidazole rings is 1.